The van der Waals surface area contributed by atoms with Crippen molar-refractivity contribution in [3.05, 3.63) is 0 Å². The second-order valence-corrected chi connectivity index (χ2v) is 3.99. The van der Waals surface area contributed by atoms with Gasteiger partial charge in [-0.15, -0.1) is 0 Å². The van der Waals surface area contributed by atoms with Crippen molar-refractivity contribution in [3.8, 4) is 0 Å². The predicted octanol–water partition coefficient (Wildman–Crippen LogP) is 1.70. The molecule has 1 heterocycles. The van der Waals surface area contributed by atoms with Crippen LogP contribution < -0.4 is 0 Å². The summed E-state index contributed by atoms with van der Waals surface area (Å²) in [5, 5.41) is 10.6. The summed E-state index contributed by atoms with van der Waals surface area (Å²) in [6.07, 6.45) is 6.96. The molecule has 0 unspecified atom stereocenters. The standard InChI is InChI=1S/C9H15NO2/c11-8-4-7-9(10(8)12)5-2-1-3-6-9/h12H,1-7H2. The average Bonchev–Trinajstić information content (AvgIpc) is 2.37. The number of rotatable bonds is 0. The monoisotopic (exact) mass is 169 g/mol. The fourth-order valence-corrected chi connectivity index (χ4v) is 2.49. The third-order valence-corrected chi connectivity index (χ3v) is 3.27. The van der Waals surface area contributed by atoms with Crippen molar-refractivity contribution in [3.63, 3.8) is 0 Å². The van der Waals surface area contributed by atoms with E-state index in [1.165, 1.54) is 6.42 Å². The van der Waals surface area contributed by atoms with Gasteiger partial charge in [-0.05, 0) is 19.3 Å². The third kappa shape index (κ3) is 1.04. The van der Waals surface area contributed by atoms with Gasteiger partial charge in [0.2, 0.25) is 5.91 Å². The summed E-state index contributed by atoms with van der Waals surface area (Å²) in [5.74, 6) is -0.0862. The van der Waals surface area contributed by atoms with Crippen molar-refractivity contribution in [1.82, 2.24) is 5.06 Å². The molecule has 1 saturated heterocycles. The number of nitrogens with zero attached hydrogens (tertiary/aromatic N) is 1. The molecule has 2 rings (SSSR count). The van der Waals surface area contributed by atoms with Gasteiger partial charge in [-0.25, -0.2) is 5.06 Å². The lowest BCUT2D eigenvalue weighted by molar-refractivity contribution is -0.185. The SMILES string of the molecule is O=C1CCC2(CCCCC2)N1O. The van der Waals surface area contributed by atoms with Crippen LogP contribution in [0.4, 0.5) is 0 Å². The van der Waals surface area contributed by atoms with Crippen molar-refractivity contribution < 1.29 is 10.0 Å². The van der Waals surface area contributed by atoms with E-state index < -0.39 is 0 Å². The fourth-order valence-electron chi connectivity index (χ4n) is 2.49. The summed E-state index contributed by atoms with van der Waals surface area (Å²) in [6.45, 7) is 0. The van der Waals surface area contributed by atoms with Gasteiger partial charge < -0.3 is 0 Å². The molecule has 0 bridgehead atoms. The highest BCUT2D eigenvalue weighted by molar-refractivity contribution is 5.78. The summed E-state index contributed by atoms with van der Waals surface area (Å²) >= 11 is 0. The summed E-state index contributed by atoms with van der Waals surface area (Å²) < 4.78 is 0. The number of amides is 1. The molecule has 1 aliphatic carbocycles. The second-order valence-electron chi connectivity index (χ2n) is 3.99. The molecule has 0 aromatic heterocycles. The lowest BCUT2D eigenvalue weighted by atomic mass is 9.80. The Hall–Kier alpha value is -0.570. The summed E-state index contributed by atoms with van der Waals surface area (Å²) in [4.78, 5) is 11.1. The zero-order valence-electron chi connectivity index (χ0n) is 7.25. The molecule has 1 amide bonds. The Morgan fingerprint density at radius 1 is 1.17 bits per heavy atom. The number of carbonyl (C=O) groups excluding carboxylic acids is 1. The quantitative estimate of drug-likeness (QED) is 0.561. The van der Waals surface area contributed by atoms with Crippen molar-refractivity contribution in [2.24, 2.45) is 0 Å². The third-order valence-electron chi connectivity index (χ3n) is 3.27. The van der Waals surface area contributed by atoms with E-state index in [1.807, 2.05) is 0 Å². The van der Waals surface area contributed by atoms with Gasteiger partial charge in [0.15, 0.2) is 0 Å². The first-order valence-corrected chi connectivity index (χ1v) is 4.77. The molecule has 2 fully saturated rings. The highest BCUT2D eigenvalue weighted by Crippen LogP contribution is 2.40. The smallest absolute Gasteiger partial charge is 0.246 e. The molecule has 2 aliphatic rings. The van der Waals surface area contributed by atoms with Crippen LogP contribution in [-0.2, 0) is 4.79 Å². The normalized spacial score (nSPS) is 28.4. The maximum Gasteiger partial charge on any atom is 0.246 e. The van der Waals surface area contributed by atoms with Crippen LogP contribution in [-0.4, -0.2) is 21.7 Å². The lowest BCUT2D eigenvalue weighted by Gasteiger charge is -2.37. The number of hydrogen-bond acceptors (Lipinski definition) is 2. The van der Waals surface area contributed by atoms with Gasteiger partial charge in [0.1, 0.15) is 0 Å². The molecule has 0 atom stereocenters. The number of hydroxylamine groups is 2. The minimum Gasteiger partial charge on any atom is -0.285 e. The molecular weight excluding hydrogens is 154 g/mol. The van der Waals surface area contributed by atoms with E-state index in [-0.39, 0.29) is 11.4 Å². The van der Waals surface area contributed by atoms with Crippen molar-refractivity contribution in [2.45, 2.75) is 50.5 Å². The molecule has 12 heavy (non-hydrogen) atoms. The van der Waals surface area contributed by atoms with Gasteiger partial charge in [0.25, 0.3) is 0 Å². The summed E-state index contributed by atoms with van der Waals surface area (Å²) in [5.41, 5.74) is -0.157. The van der Waals surface area contributed by atoms with E-state index in [9.17, 15) is 10.0 Å². The second kappa shape index (κ2) is 2.73. The van der Waals surface area contributed by atoms with Gasteiger partial charge in [-0.3, -0.25) is 10.0 Å². The minimum atomic E-state index is -0.157. The molecule has 0 aromatic carbocycles. The summed E-state index contributed by atoms with van der Waals surface area (Å²) in [7, 11) is 0. The zero-order chi connectivity index (χ0) is 8.60. The Kier molecular flexibility index (Phi) is 1.83. The summed E-state index contributed by atoms with van der Waals surface area (Å²) in [6, 6.07) is 0. The van der Waals surface area contributed by atoms with Crippen LogP contribution in [0.15, 0.2) is 0 Å². The van der Waals surface area contributed by atoms with Gasteiger partial charge in [0, 0.05) is 6.42 Å². The Morgan fingerprint density at radius 3 is 2.33 bits per heavy atom. The first-order valence-electron chi connectivity index (χ1n) is 4.77. The first kappa shape index (κ1) is 8.05. The fraction of sp³-hybridized carbons (Fsp3) is 0.889. The van der Waals surface area contributed by atoms with Crippen molar-refractivity contribution >= 4 is 5.91 Å². The van der Waals surface area contributed by atoms with Gasteiger partial charge in [0.05, 0.1) is 5.54 Å². The highest BCUT2D eigenvalue weighted by atomic mass is 16.5. The van der Waals surface area contributed by atoms with E-state index in [4.69, 9.17) is 0 Å². The number of hydrogen-bond donors (Lipinski definition) is 1. The molecule has 1 saturated carbocycles. The van der Waals surface area contributed by atoms with Crippen molar-refractivity contribution in [2.75, 3.05) is 0 Å². The van der Waals surface area contributed by atoms with Crippen LogP contribution in [0.1, 0.15) is 44.9 Å². The average molecular weight is 169 g/mol. The van der Waals surface area contributed by atoms with Gasteiger partial charge >= 0.3 is 0 Å². The predicted molar refractivity (Wildman–Crippen MR) is 43.7 cm³/mol. The van der Waals surface area contributed by atoms with Crippen LogP contribution in [0, 0.1) is 0 Å². The van der Waals surface area contributed by atoms with E-state index in [0.29, 0.717) is 6.42 Å². The molecule has 68 valence electrons. The maximum absolute atomic E-state index is 11.1. The minimum absolute atomic E-state index is 0.0862. The maximum atomic E-state index is 11.1. The van der Waals surface area contributed by atoms with Crippen molar-refractivity contribution in [1.29, 1.82) is 0 Å². The van der Waals surface area contributed by atoms with E-state index in [0.717, 1.165) is 37.2 Å². The van der Waals surface area contributed by atoms with Crippen LogP contribution in [0.25, 0.3) is 0 Å². The van der Waals surface area contributed by atoms with Crippen LogP contribution in [0.2, 0.25) is 0 Å². The number of carbonyl (C=O) groups is 1. The van der Waals surface area contributed by atoms with E-state index >= 15 is 0 Å². The van der Waals surface area contributed by atoms with Crippen LogP contribution in [0.5, 0.6) is 0 Å². The molecule has 0 radical (unpaired) electrons. The molecule has 0 aromatic rings. The van der Waals surface area contributed by atoms with Gasteiger partial charge in [-0.1, -0.05) is 19.3 Å². The molecule has 3 heteroatoms. The Morgan fingerprint density at radius 2 is 1.83 bits per heavy atom. The lowest BCUT2D eigenvalue weighted by Crippen LogP contribution is -2.44. The zero-order valence-corrected chi connectivity index (χ0v) is 7.25. The topological polar surface area (TPSA) is 40.5 Å². The van der Waals surface area contributed by atoms with E-state index in [1.54, 1.807) is 0 Å². The molecular formula is C9H15NO2. The first-order chi connectivity index (χ1) is 5.75. The van der Waals surface area contributed by atoms with Gasteiger partial charge in [-0.2, -0.15) is 0 Å². The Labute approximate surface area is 72.3 Å². The molecule has 1 N–H and O–H groups in total. The molecule has 1 spiro atoms. The molecule has 1 aliphatic heterocycles. The molecule has 3 nitrogen and oxygen atoms in total. The Bertz CT molecular complexity index is 197. The highest BCUT2D eigenvalue weighted by Gasteiger charge is 2.45. The van der Waals surface area contributed by atoms with Crippen LogP contribution >= 0.6 is 0 Å². The Balaban J connectivity index is 2.14. The van der Waals surface area contributed by atoms with E-state index in [2.05, 4.69) is 0 Å². The largest absolute Gasteiger partial charge is 0.285 e. The van der Waals surface area contributed by atoms with Crippen LogP contribution in [0.3, 0.4) is 0 Å².